The molecule has 96 valence electrons. The van der Waals surface area contributed by atoms with E-state index < -0.39 is 0 Å². The Hall–Kier alpha value is -1.69. The number of nitrogens with two attached hydrogens (primary N) is 1. The molecular formula is C12H18N6. The summed E-state index contributed by atoms with van der Waals surface area (Å²) in [5, 5.41) is 13.0. The van der Waals surface area contributed by atoms with Crippen molar-refractivity contribution in [1.82, 2.24) is 24.5 Å². The van der Waals surface area contributed by atoms with Gasteiger partial charge < -0.3 is 10.3 Å². The van der Waals surface area contributed by atoms with Gasteiger partial charge in [-0.1, -0.05) is 0 Å². The van der Waals surface area contributed by atoms with Gasteiger partial charge in [-0.25, -0.2) is 0 Å². The molecule has 6 heteroatoms. The van der Waals surface area contributed by atoms with Gasteiger partial charge in [0.15, 0.2) is 5.82 Å². The van der Waals surface area contributed by atoms with Crippen LogP contribution in [0.15, 0.2) is 6.07 Å². The van der Waals surface area contributed by atoms with E-state index in [0.717, 1.165) is 49.0 Å². The highest BCUT2D eigenvalue weighted by molar-refractivity contribution is 5.51. The lowest BCUT2D eigenvalue weighted by molar-refractivity contribution is 0.455. The van der Waals surface area contributed by atoms with Crippen LogP contribution in [0.3, 0.4) is 0 Å². The Morgan fingerprint density at radius 3 is 3.06 bits per heavy atom. The van der Waals surface area contributed by atoms with E-state index >= 15 is 0 Å². The summed E-state index contributed by atoms with van der Waals surface area (Å²) in [5.74, 6) is 1.93. The Morgan fingerprint density at radius 2 is 2.28 bits per heavy atom. The average molecular weight is 246 g/mol. The van der Waals surface area contributed by atoms with Crippen LogP contribution in [0.1, 0.15) is 24.9 Å². The second-order valence-electron chi connectivity index (χ2n) is 4.84. The van der Waals surface area contributed by atoms with Crippen molar-refractivity contribution in [3.8, 4) is 11.5 Å². The highest BCUT2D eigenvalue weighted by Crippen LogP contribution is 2.23. The zero-order chi connectivity index (χ0) is 12.7. The monoisotopic (exact) mass is 246 g/mol. The predicted octanol–water partition coefficient (Wildman–Crippen LogP) is 0.743. The standard InChI is InChI=1S/C12H18N6/c1-3-18-10(6-8(2)16-18)12-15-14-11-5-4-9(13)7-17(11)12/h6,9H,3-5,7,13H2,1-2H3. The maximum atomic E-state index is 6.03. The molecule has 0 bridgehead atoms. The van der Waals surface area contributed by atoms with E-state index in [-0.39, 0.29) is 6.04 Å². The lowest BCUT2D eigenvalue weighted by Gasteiger charge is -2.20. The summed E-state index contributed by atoms with van der Waals surface area (Å²) in [5.41, 5.74) is 8.07. The molecule has 2 aromatic rings. The number of hydrogen-bond donors (Lipinski definition) is 1. The molecule has 1 aliphatic rings. The number of aryl methyl sites for hydroxylation is 3. The van der Waals surface area contributed by atoms with E-state index in [1.807, 2.05) is 11.6 Å². The van der Waals surface area contributed by atoms with Gasteiger partial charge in [0, 0.05) is 25.6 Å². The average Bonchev–Trinajstić information content (AvgIpc) is 2.91. The van der Waals surface area contributed by atoms with Crippen molar-refractivity contribution in [2.24, 2.45) is 5.73 Å². The molecule has 18 heavy (non-hydrogen) atoms. The van der Waals surface area contributed by atoms with Crippen LogP contribution in [0.5, 0.6) is 0 Å². The van der Waals surface area contributed by atoms with Crippen molar-refractivity contribution in [1.29, 1.82) is 0 Å². The quantitative estimate of drug-likeness (QED) is 0.848. The Morgan fingerprint density at radius 1 is 1.44 bits per heavy atom. The fourth-order valence-electron chi connectivity index (χ4n) is 2.51. The number of hydrogen-bond acceptors (Lipinski definition) is 4. The van der Waals surface area contributed by atoms with Crippen LogP contribution in [0.4, 0.5) is 0 Å². The molecule has 6 nitrogen and oxygen atoms in total. The van der Waals surface area contributed by atoms with Gasteiger partial charge in [0.2, 0.25) is 0 Å². The van der Waals surface area contributed by atoms with Crippen LogP contribution in [0, 0.1) is 6.92 Å². The number of nitrogens with zero attached hydrogens (tertiary/aromatic N) is 5. The first-order valence-corrected chi connectivity index (χ1v) is 6.41. The van der Waals surface area contributed by atoms with Crippen LogP contribution < -0.4 is 5.73 Å². The van der Waals surface area contributed by atoms with Crippen LogP contribution in [-0.2, 0) is 19.5 Å². The van der Waals surface area contributed by atoms with E-state index in [1.54, 1.807) is 0 Å². The zero-order valence-electron chi connectivity index (χ0n) is 10.8. The van der Waals surface area contributed by atoms with E-state index in [1.165, 1.54) is 0 Å². The molecule has 0 saturated carbocycles. The summed E-state index contributed by atoms with van der Waals surface area (Å²) in [4.78, 5) is 0. The molecular weight excluding hydrogens is 228 g/mol. The molecule has 0 aliphatic carbocycles. The van der Waals surface area contributed by atoms with Crippen LogP contribution in [0.25, 0.3) is 11.5 Å². The van der Waals surface area contributed by atoms with Gasteiger partial charge in [-0.3, -0.25) is 4.68 Å². The van der Waals surface area contributed by atoms with E-state index in [9.17, 15) is 0 Å². The lowest BCUT2D eigenvalue weighted by Crippen LogP contribution is -2.32. The first kappa shape index (κ1) is 11.4. The Labute approximate surface area is 106 Å². The third-order valence-electron chi connectivity index (χ3n) is 3.41. The number of rotatable bonds is 2. The number of aromatic nitrogens is 5. The minimum absolute atomic E-state index is 0.200. The first-order chi connectivity index (χ1) is 8.69. The summed E-state index contributed by atoms with van der Waals surface area (Å²) >= 11 is 0. The molecule has 0 fully saturated rings. The highest BCUT2D eigenvalue weighted by Gasteiger charge is 2.23. The minimum atomic E-state index is 0.200. The summed E-state index contributed by atoms with van der Waals surface area (Å²) < 4.78 is 4.10. The molecule has 0 saturated heterocycles. The summed E-state index contributed by atoms with van der Waals surface area (Å²) in [6.45, 7) is 5.70. The van der Waals surface area contributed by atoms with Gasteiger partial charge in [0.05, 0.1) is 5.69 Å². The van der Waals surface area contributed by atoms with Gasteiger partial charge in [-0.05, 0) is 26.3 Å². The maximum Gasteiger partial charge on any atom is 0.182 e. The topological polar surface area (TPSA) is 74.5 Å². The van der Waals surface area contributed by atoms with Crippen molar-refractivity contribution in [2.45, 2.75) is 45.8 Å². The molecule has 2 aromatic heterocycles. The predicted molar refractivity (Wildman–Crippen MR) is 68.0 cm³/mol. The molecule has 0 radical (unpaired) electrons. The smallest absolute Gasteiger partial charge is 0.182 e. The Bertz CT molecular complexity index is 567. The van der Waals surface area contributed by atoms with Crippen LogP contribution in [0.2, 0.25) is 0 Å². The second kappa shape index (κ2) is 4.20. The van der Waals surface area contributed by atoms with Gasteiger partial charge >= 0.3 is 0 Å². The van der Waals surface area contributed by atoms with Gasteiger partial charge in [0.1, 0.15) is 11.5 Å². The number of fused-ring (bicyclic) bond motifs is 1. The molecule has 1 atom stereocenters. The van der Waals surface area contributed by atoms with E-state index in [2.05, 4.69) is 32.9 Å². The summed E-state index contributed by atoms with van der Waals surface area (Å²) in [7, 11) is 0. The molecule has 1 aliphatic heterocycles. The highest BCUT2D eigenvalue weighted by atomic mass is 15.3. The maximum absolute atomic E-state index is 6.03. The molecule has 0 spiro atoms. The van der Waals surface area contributed by atoms with Crippen molar-refractivity contribution < 1.29 is 0 Å². The van der Waals surface area contributed by atoms with E-state index in [0.29, 0.717) is 0 Å². The SMILES string of the molecule is CCn1nc(C)cc1-c1nnc2n1CC(N)CC2. The van der Waals surface area contributed by atoms with Gasteiger partial charge in [-0.15, -0.1) is 10.2 Å². The second-order valence-corrected chi connectivity index (χ2v) is 4.84. The van der Waals surface area contributed by atoms with Gasteiger partial charge in [0.25, 0.3) is 0 Å². The fraction of sp³-hybridized carbons (Fsp3) is 0.583. The molecule has 0 aromatic carbocycles. The third-order valence-corrected chi connectivity index (χ3v) is 3.41. The largest absolute Gasteiger partial charge is 0.326 e. The molecule has 2 N–H and O–H groups in total. The lowest BCUT2D eigenvalue weighted by atomic mass is 10.1. The van der Waals surface area contributed by atoms with Gasteiger partial charge in [-0.2, -0.15) is 5.10 Å². The van der Waals surface area contributed by atoms with Crippen molar-refractivity contribution in [3.05, 3.63) is 17.6 Å². The van der Waals surface area contributed by atoms with Crippen molar-refractivity contribution >= 4 is 0 Å². The fourth-order valence-corrected chi connectivity index (χ4v) is 2.51. The van der Waals surface area contributed by atoms with Crippen molar-refractivity contribution in [3.63, 3.8) is 0 Å². The summed E-state index contributed by atoms with van der Waals surface area (Å²) in [6.07, 6.45) is 1.90. The molecule has 3 rings (SSSR count). The van der Waals surface area contributed by atoms with Crippen LogP contribution >= 0.6 is 0 Å². The Kier molecular flexibility index (Phi) is 2.66. The first-order valence-electron chi connectivity index (χ1n) is 6.41. The van der Waals surface area contributed by atoms with Crippen molar-refractivity contribution in [2.75, 3.05) is 0 Å². The Balaban J connectivity index is 2.09. The zero-order valence-corrected chi connectivity index (χ0v) is 10.8. The molecule has 1 unspecified atom stereocenters. The minimum Gasteiger partial charge on any atom is -0.326 e. The van der Waals surface area contributed by atoms with E-state index in [4.69, 9.17) is 5.73 Å². The molecule has 3 heterocycles. The normalized spacial score (nSPS) is 18.9. The van der Waals surface area contributed by atoms with Crippen LogP contribution in [-0.4, -0.2) is 30.6 Å². The third kappa shape index (κ3) is 1.73. The summed E-state index contributed by atoms with van der Waals surface area (Å²) in [6, 6.07) is 2.26. The molecule has 0 amide bonds.